The monoisotopic (exact) mass is 297 g/mol. The molecule has 4 heteroatoms. The minimum atomic E-state index is -0.226. The second kappa shape index (κ2) is 5.21. The van der Waals surface area contributed by atoms with Crippen LogP contribution >= 0.6 is 15.9 Å². The van der Waals surface area contributed by atoms with Crippen LogP contribution in [0.15, 0.2) is 28.7 Å². The van der Waals surface area contributed by atoms with Gasteiger partial charge in [-0.05, 0) is 28.9 Å². The maximum atomic E-state index is 5.26. The summed E-state index contributed by atoms with van der Waals surface area (Å²) in [6, 6.07) is 8.30. The average molecular weight is 298 g/mol. The van der Waals surface area contributed by atoms with Gasteiger partial charge >= 0.3 is 0 Å². The quantitative estimate of drug-likeness (QED) is 0.808. The lowest BCUT2D eigenvalue weighted by atomic mass is 10.2. The van der Waals surface area contributed by atoms with E-state index in [1.54, 1.807) is 14.2 Å². The van der Waals surface area contributed by atoms with Crippen molar-refractivity contribution in [1.82, 2.24) is 4.57 Å². The lowest BCUT2D eigenvalue weighted by Gasteiger charge is -2.16. The number of aromatic nitrogens is 1. The van der Waals surface area contributed by atoms with Crippen LogP contribution in [0.25, 0.3) is 10.9 Å². The van der Waals surface area contributed by atoms with Gasteiger partial charge in [0.2, 0.25) is 0 Å². The molecule has 0 aliphatic rings. The Morgan fingerprint density at radius 2 is 1.88 bits per heavy atom. The first-order valence-electron chi connectivity index (χ1n) is 5.48. The number of hydrogen-bond donors (Lipinski definition) is 0. The number of halogens is 1. The highest BCUT2D eigenvalue weighted by atomic mass is 79.9. The third-order valence-electron chi connectivity index (χ3n) is 3.01. The minimum Gasteiger partial charge on any atom is -0.354 e. The summed E-state index contributed by atoms with van der Waals surface area (Å²) < 4.78 is 13.9. The van der Waals surface area contributed by atoms with E-state index in [2.05, 4.69) is 39.6 Å². The van der Waals surface area contributed by atoms with Crippen LogP contribution in [0, 0.1) is 6.92 Å². The summed E-state index contributed by atoms with van der Waals surface area (Å²) in [6.07, 6.45) is -0.226. The van der Waals surface area contributed by atoms with Gasteiger partial charge in [0.15, 0.2) is 6.29 Å². The van der Waals surface area contributed by atoms with E-state index in [1.807, 2.05) is 12.1 Å². The number of para-hydroxylation sites is 1. The number of methoxy groups -OCH3 is 2. The highest BCUT2D eigenvalue weighted by molar-refractivity contribution is 9.10. The molecule has 1 aromatic carbocycles. The highest BCUT2D eigenvalue weighted by Crippen LogP contribution is 2.30. The van der Waals surface area contributed by atoms with Crippen molar-refractivity contribution in [2.24, 2.45) is 0 Å². The van der Waals surface area contributed by atoms with Crippen molar-refractivity contribution in [2.75, 3.05) is 14.2 Å². The first-order valence-corrected chi connectivity index (χ1v) is 6.27. The molecule has 2 rings (SSSR count). The van der Waals surface area contributed by atoms with E-state index in [0.717, 1.165) is 4.47 Å². The van der Waals surface area contributed by atoms with Crippen molar-refractivity contribution >= 4 is 26.8 Å². The Morgan fingerprint density at radius 1 is 1.24 bits per heavy atom. The van der Waals surface area contributed by atoms with Crippen LogP contribution in [0.4, 0.5) is 0 Å². The summed E-state index contributed by atoms with van der Waals surface area (Å²) in [6.45, 7) is 2.78. The SMILES string of the molecule is COC(Cn1c(C)c(Br)c2ccccc21)OC. The van der Waals surface area contributed by atoms with Crippen LogP contribution in [0.3, 0.4) is 0 Å². The average Bonchev–Trinajstić information content (AvgIpc) is 2.61. The van der Waals surface area contributed by atoms with Crippen LogP contribution in [-0.4, -0.2) is 25.1 Å². The van der Waals surface area contributed by atoms with Crippen LogP contribution in [0.5, 0.6) is 0 Å². The Bertz CT molecular complexity index is 517. The van der Waals surface area contributed by atoms with Gasteiger partial charge in [0, 0.05) is 35.3 Å². The Hall–Kier alpha value is -0.840. The Kier molecular flexibility index (Phi) is 3.86. The van der Waals surface area contributed by atoms with Crippen molar-refractivity contribution in [3.05, 3.63) is 34.4 Å². The van der Waals surface area contributed by atoms with Gasteiger partial charge in [-0.15, -0.1) is 0 Å². The second-order valence-corrected chi connectivity index (χ2v) is 4.72. The number of rotatable bonds is 4. The summed E-state index contributed by atoms with van der Waals surface area (Å²) >= 11 is 3.63. The van der Waals surface area contributed by atoms with Gasteiger partial charge in [-0.2, -0.15) is 0 Å². The van der Waals surface area contributed by atoms with Crippen molar-refractivity contribution in [3.8, 4) is 0 Å². The molecule has 0 bridgehead atoms. The van der Waals surface area contributed by atoms with Gasteiger partial charge in [0.25, 0.3) is 0 Å². The lowest BCUT2D eigenvalue weighted by Crippen LogP contribution is -2.21. The molecule has 1 heterocycles. The first kappa shape index (κ1) is 12.6. The molecule has 1 aromatic heterocycles. The van der Waals surface area contributed by atoms with E-state index in [1.165, 1.54) is 16.6 Å². The highest BCUT2D eigenvalue weighted by Gasteiger charge is 2.14. The molecule has 17 heavy (non-hydrogen) atoms. The van der Waals surface area contributed by atoms with Crippen molar-refractivity contribution in [1.29, 1.82) is 0 Å². The molecule has 92 valence electrons. The van der Waals surface area contributed by atoms with E-state index in [0.29, 0.717) is 6.54 Å². The summed E-state index contributed by atoms with van der Waals surface area (Å²) in [5.41, 5.74) is 2.38. The van der Waals surface area contributed by atoms with Gasteiger partial charge in [-0.3, -0.25) is 0 Å². The molecule has 0 unspecified atom stereocenters. The molecule has 0 atom stereocenters. The molecule has 0 amide bonds. The molecular weight excluding hydrogens is 282 g/mol. The zero-order valence-electron chi connectivity index (χ0n) is 10.2. The number of ether oxygens (including phenoxy) is 2. The normalized spacial score (nSPS) is 11.6. The topological polar surface area (TPSA) is 23.4 Å². The number of nitrogens with zero attached hydrogens (tertiary/aromatic N) is 1. The van der Waals surface area contributed by atoms with Gasteiger partial charge in [0.05, 0.1) is 6.54 Å². The maximum Gasteiger partial charge on any atom is 0.174 e. The van der Waals surface area contributed by atoms with Crippen LogP contribution in [-0.2, 0) is 16.0 Å². The van der Waals surface area contributed by atoms with E-state index >= 15 is 0 Å². The smallest absolute Gasteiger partial charge is 0.174 e. The zero-order valence-corrected chi connectivity index (χ0v) is 11.8. The Balaban J connectivity index is 2.49. The molecular formula is C13H16BrNO2. The lowest BCUT2D eigenvalue weighted by molar-refractivity contribution is -0.110. The number of fused-ring (bicyclic) bond motifs is 1. The molecule has 0 radical (unpaired) electrons. The van der Waals surface area contributed by atoms with E-state index in [9.17, 15) is 0 Å². The molecule has 0 fully saturated rings. The standard InChI is InChI=1S/C13H16BrNO2/c1-9-13(14)10-6-4-5-7-11(10)15(9)8-12(16-2)17-3/h4-7,12H,8H2,1-3H3. The predicted molar refractivity (Wildman–Crippen MR) is 72.2 cm³/mol. The fourth-order valence-electron chi connectivity index (χ4n) is 2.02. The Morgan fingerprint density at radius 3 is 2.53 bits per heavy atom. The largest absolute Gasteiger partial charge is 0.354 e. The Labute approximate surface area is 109 Å². The molecule has 0 aliphatic heterocycles. The summed E-state index contributed by atoms with van der Waals surface area (Å²) in [5, 5.41) is 1.22. The van der Waals surface area contributed by atoms with Crippen molar-refractivity contribution in [2.45, 2.75) is 19.8 Å². The second-order valence-electron chi connectivity index (χ2n) is 3.93. The van der Waals surface area contributed by atoms with Crippen LogP contribution < -0.4 is 0 Å². The zero-order chi connectivity index (χ0) is 12.4. The summed E-state index contributed by atoms with van der Waals surface area (Å²) in [5.74, 6) is 0. The number of benzene rings is 1. The van der Waals surface area contributed by atoms with Crippen molar-refractivity contribution in [3.63, 3.8) is 0 Å². The molecule has 0 aliphatic carbocycles. The molecule has 0 saturated heterocycles. The first-order chi connectivity index (χ1) is 8.19. The fourth-order valence-corrected chi connectivity index (χ4v) is 2.57. The van der Waals surface area contributed by atoms with E-state index in [4.69, 9.17) is 9.47 Å². The van der Waals surface area contributed by atoms with Gasteiger partial charge < -0.3 is 14.0 Å². The number of hydrogen-bond acceptors (Lipinski definition) is 2. The molecule has 0 spiro atoms. The predicted octanol–water partition coefficient (Wildman–Crippen LogP) is 3.33. The molecule has 0 N–H and O–H groups in total. The fraction of sp³-hybridized carbons (Fsp3) is 0.385. The third kappa shape index (κ3) is 2.25. The van der Waals surface area contributed by atoms with Crippen LogP contribution in [0.2, 0.25) is 0 Å². The molecule has 2 aromatic rings. The summed E-state index contributed by atoms with van der Waals surface area (Å²) in [7, 11) is 3.31. The summed E-state index contributed by atoms with van der Waals surface area (Å²) in [4.78, 5) is 0. The molecule has 0 saturated carbocycles. The van der Waals surface area contributed by atoms with E-state index < -0.39 is 0 Å². The van der Waals surface area contributed by atoms with Gasteiger partial charge in [0.1, 0.15) is 0 Å². The third-order valence-corrected chi connectivity index (χ3v) is 4.01. The van der Waals surface area contributed by atoms with Crippen LogP contribution in [0.1, 0.15) is 5.69 Å². The van der Waals surface area contributed by atoms with Gasteiger partial charge in [-0.25, -0.2) is 0 Å². The van der Waals surface area contributed by atoms with Gasteiger partial charge in [-0.1, -0.05) is 18.2 Å². The maximum absolute atomic E-state index is 5.26. The molecule has 3 nitrogen and oxygen atoms in total. The van der Waals surface area contributed by atoms with Crippen molar-refractivity contribution < 1.29 is 9.47 Å². The van der Waals surface area contributed by atoms with E-state index in [-0.39, 0.29) is 6.29 Å². The minimum absolute atomic E-state index is 0.226.